The number of nitrogens with zero attached hydrogens (tertiary/aromatic N) is 3. The van der Waals surface area contributed by atoms with Gasteiger partial charge in [0.05, 0.1) is 29.5 Å². The van der Waals surface area contributed by atoms with Crippen molar-refractivity contribution in [1.29, 1.82) is 0 Å². The van der Waals surface area contributed by atoms with E-state index in [0.717, 1.165) is 4.57 Å². The van der Waals surface area contributed by atoms with Gasteiger partial charge in [-0.3, -0.25) is 9.97 Å². The van der Waals surface area contributed by atoms with Crippen molar-refractivity contribution < 1.29 is 19.7 Å². The fourth-order valence-corrected chi connectivity index (χ4v) is 3.04. The summed E-state index contributed by atoms with van der Waals surface area (Å²) in [7, 11) is 1.44. The highest BCUT2D eigenvalue weighted by molar-refractivity contribution is 6.17. The van der Waals surface area contributed by atoms with Gasteiger partial charge in [0, 0.05) is 29.2 Å². The molecule has 4 rings (SSSR count). The highest BCUT2D eigenvalue weighted by Gasteiger charge is 2.21. The predicted molar refractivity (Wildman–Crippen MR) is 92.1 cm³/mol. The van der Waals surface area contributed by atoms with Crippen LogP contribution in [0.4, 0.5) is 4.79 Å². The lowest BCUT2D eigenvalue weighted by molar-refractivity contribution is 0.198. The Morgan fingerprint density at radius 3 is 2.64 bits per heavy atom. The summed E-state index contributed by atoms with van der Waals surface area (Å²) in [5, 5.41) is 21.0. The Morgan fingerprint density at radius 1 is 1.12 bits per heavy atom. The summed E-state index contributed by atoms with van der Waals surface area (Å²) in [5.74, 6) is 0.125. The molecule has 0 saturated heterocycles. The van der Waals surface area contributed by atoms with Gasteiger partial charge in [0.25, 0.3) is 0 Å². The first kappa shape index (κ1) is 14.9. The quantitative estimate of drug-likeness (QED) is 0.582. The molecule has 3 aromatic heterocycles. The average Bonchev–Trinajstić information content (AvgIpc) is 2.95. The van der Waals surface area contributed by atoms with Gasteiger partial charge in [0.1, 0.15) is 0 Å². The minimum atomic E-state index is -1.15. The topological polar surface area (TPSA) is 97.5 Å². The van der Waals surface area contributed by atoms with Gasteiger partial charge in [-0.05, 0) is 24.3 Å². The van der Waals surface area contributed by atoms with Crippen molar-refractivity contribution in [3.8, 4) is 22.9 Å². The van der Waals surface area contributed by atoms with Gasteiger partial charge >= 0.3 is 6.09 Å². The molecule has 7 heteroatoms. The van der Waals surface area contributed by atoms with Crippen molar-refractivity contribution in [3.63, 3.8) is 0 Å². The zero-order valence-corrected chi connectivity index (χ0v) is 13.2. The Morgan fingerprint density at radius 2 is 1.96 bits per heavy atom. The monoisotopic (exact) mass is 335 g/mol. The number of carboxylic acid groups (broad SMARTS) is 1. The summed E-state index contributed by atoms with van der Waals surface area (Å²) in [6, 6.07) is 10.1. The number of rotatable bonds is 2. The molecule has 124 valence electrons. The largest absolute Gasteiger partial charge is 0.504 e. The third-order valence-electron chi connectivity index (χ3n) is 4.08. The molecule has 0 radical (unpaired) electrons. The number of hydrogen-bond donors (Lipinski definition) is 2. The summed E-state index contributed by atoms with van der Waals surface area (Å²) in [6.07, 6.45) is 2.04. The molecule has 0 aliphatic rings. The molecule has 25 heavy (non-hydrogen) atoms. The summed E-state index contributed by atoms with van der Waals surface area (Å²) in [5.41, 5.74) is 2.01. The molecule has 3 heterocycles. The van der Waals surface area contributed by atoms with Gasteiger partial charge in [0.2, 0.25) is 0 Å². The molecular weight excluding hydrogens is 322 g/mol. The SMILES string of the molecule is COc1cc2c3c(-c4ccccn4)nccc3n(C(=O)O)c2cc1O. The number of pyridine rings is 2. The predicted octanol–water partition coefficient (Wildman–Crippen LogP) is 3.49. The van der Waals surface area contributed by atoms with Crippen LogP contribution >= 0.6 is 0 Å². The average molecular weight is 335 g/mol. The summed E-state index contributed by atoms with van der Waals surface area (Å²) in [6.45, 7) is 0. The second-order valence-corrected chi connectivity index (χ2v) is 5.43. The van der Waals surface area contributed by atoms with E-state index in [1.54, 1.807) is 30.6 Å². The minimum absolute atomic E-state index is 0.132. The van der Waals surface area contributed by atoms with E-state index in [9.17, 15) is 15.0 Å². The smallest absolute Gasteiger partial charge is 0.416 e. The number of aromatic nitrogens is 3. The second kappa shape index (κ2) is 5.48. The number of carbonyl (C=O) groups is 1. The molecule has 7 nitrogen and oxygen atoms in total. The van der Waals surface area contributed by atoms with Crippen molar-refractivity contribution in [2.75, 3.05) is 7.11 Å². The van der Waals surface area contributed by atoms with E-state index in [-0.39, 0.29) is 11.5 Å². The lowest BCUT2D eigenvalue weighted by Crippen LogP contribution is -2.07. The lowest BCUT2D eigenvalue weighted by atomic mass is 10.1. The molecule has 0 aliphatic heterocycles. The normalized spacial score (nSPS) is 11.1. The van der Waals surface area contributed by atoms with Crippen LogP contribution in [0.1, 0.15) is 0 Å². The fourth-order valence-electron chi connectivity index (χ4n) is 3.04. The summed E-state index contributed by atoms with van der Waals surface area (Å²) in [4.78, 5) is 20.5. The van der Waals surface area contributed by atoms with Crippen LogP contribution in [-0.2, 0) is 0 Å². The highest BCUT2D eigenvalue weighted by atomic mass is 16.5. The van der Waals surface area contributed by atoms with Crippen LogP contribution in [0.15, 0.2) is 48.8 Å². The Hall–Kier alpha value is -3.61. The zero-order valence-electron chi connectivity index (χ0n) is 13.2. The first-order valence-corrected chi connectivity index (χ1v) is 7.46. The number of methoxy groups -OCH3 is 1. The van der Waals surface area contributed by atoms with E-state index in [1.807, 2.05) is 12.1 Å². The number of aromatic hydroxyl groups is 1. The first-order valence-electron chi connectivity index (χ1n) is 7.46. The summed E-state index contributed by atoms with van der Waals surface area (Å²) < 4.78 is 6.30. The first-order chi connectivity index (χ1) is 12.1. The van der Waals surface area contributed by atoms with E-state index in [0.29, 0.717) is 33.2 Å². The van der Waals surface area contributed by atoms with E-state index in [1.165, 1.54) is 13.2 Å². The Labute approximate surface area is 141 Å². The number of phenols is 1. The van der Waals surface area contributed by atoms with E-state index in [2.05, 4.69) is 9.97 Å². The number of benzene rings is 1. The van der Waals surface area contributed by atoms with Crippen LogP contribution in [0.5, 0.6) is 11.5 Å². The van der Waals surface area contributed by atoms with Crippen LogP contribution < -0.4 is 4.74 Å². The lowest BCUT2D eigenvalue weighted by Gasteiger charge is -2.05. The number of fused-ring (bicyclic) bond motifs is 3. The minimum Gasteiger partial charge on any atom is -0.504 e. The molecule has 2 N–H and O–H groups in total. The van der Waals surface area contributed by atoms with E-state index < -0.39 is 6.09 Å². The third kappa shape index (κ3) is 2.17. The number of ether oxygens (including phenoxy) is 1. The van der Waals surface area contributed by atoms with Crippen LogP contribution in [0.25, 0.3) is 33.2 Å². The second-order valence-electron chi connectivity index (χ2n) is 5.43. The number of hydrogen-bond acceptors (Lipinski definition) is 5. The molecule has 0 amide bonds. The van der Waals surface area contributed by atoms with Gasteiger partial charge < -0.3 is 14.9 Å². The molecule has 0 aliphatic carbocycles. The molecule has 1 aromatic carbocycles. The molecule has 0 fully saturated rings. The van der Waals surface area contributed by atoms with Crippen molar-refractivity contribution in [2.45, 2.75) is 0 Å². The molecule has 0 saturated carbocycles. The van der Waals surface area contributed by atoms with Crippen LogP contribution in [0, 0.1) is 0 Å². The van der Waals surface area contributed by atoms with Crippen LogP contribution in [0.2, 0.25) is 0 Å². The van der Waals surface area contributed by atoms with Gasteiger partial charge in [-0.25, -0.2) is 9.36 Å². The maximum absolute atomic E-state index is 11.8. The van der Waals surface area contributed by atoms with Crippen LogP contribution in [-0.4, -0.2) is 38.0 Å². The van der Waals surface area contributed by atoms with Crippen LogP contribution in [0.3, 0.4) is 0 Å². The van der Waals surface area contributed by atoms with E-state index >= 15 is 0 Å². The van der Waals surface area contributed by atoms with Crippen molar-refractivity contribution >= 4 is 27.9 Å². The standard InChI is InChI=1S/C18H13N3O4/c1-25-15-8-10-13(9-14(15)22)21(18(23)24)12-5-7-20-17(16(10)12)11-4-2-3-6-19-11/h2-9,22H,1H3,(H,23,24). The maximum Gasteiger partial charge on any atom is 0.416 e. The van der Waals surface area contributed by atoms with Gasteiger partial charge in [-0.1, -0.05) is 6.07 Å². The number of phenolic OH excluding ortho intramolecular Hbond substituents is 1. The Kier molecular flexibility index (Phi) is 3.28. The van der Waals surface area contributed by atoms with Crippen molar-refractivity contribution in [2.24, 2.45) is 0 Å². The zero-order chi connectivity index (χ0) is 17.6. The van der Waals surface area contributed by atoms with Crippen molar-refractivity contribution in [1.82, 2.24) is 14.5 Å². The molecule has 0 spiro atoms. The van der Waals surface area contributed by atoms with E-state index in [4.69, 9.17) is 4.74 Å². The highest BCUT2D eigenvalue weighted by Crippen LogP contribution is 2.39. The molecule has 0 unspecified atom stereocenters. The third-order valence-corrected chi connectivity index (χ3v) is 4.08. The molecular formula is C18H13N3O4. The van der Waals surface area contributed by atoms with Crippen molar-refractivity contribution in [3.05, 3.63) is 48.8 Å². The molecule has 0 atom stereocenters. The molecule has 4 aromatic rings. The maximum atomic E-state index is 11.8. The molecule has 0 bridgehead atoms. The summed E-state index contributed by atoms with van der Waals surface area (Å²) >= 11 is 0. The van der Waals surface area contributed by atoms with Gasteiger partial charge in [0.15, 0.2) is 11.5 Å². The fraction of sp³-hybridized carbons (Fsp3) is 0.0556. The Bertz CT molecular complexity index is 1120. The van der Waals surface area contributed by atoms with Gasteiger partial charge in [-0.15, -0.1) is 0 Å². The van der Waals surface area contributed by atoms with Gasteiger partial charge in [-0.2, -0.15) is 0 Å². The Balaban J connectivity index is 2.22.